The highest BCUT2D eigenvalue weighted by atomic mass is 35.5. The number of anilines is 2. The van der Waals surface area contributed by atoms with E-state index in [-0.39, 0.29) is 17.0 Å². The molecule has 4 aromatic rings. The van der Waals surface area contributed by atoms with E-state index in [1.54, 1.807) is 11.1 Å². The van der Waals surface area contributed by atoms with Crippen LogP contribution in [0.5, 0.6) is 0 Å². The summed E-state index contributed by atoms with van der Waals surface area (Å²) >= 11 is 6.69. The van der Waals surface area contributed by atoms with Crippen LogP contribution in [0.4, 0.5) is 11.4 Å². The van der Waals surface area contributed by atoms with Crippen LogP contribution in [0.1, 0.15) is 17.2 Å². The van der Waals surface area contributed by atoms with Gasteiger partial charge in [-0.3, -0.25) is 14.4 Å². The molecule has 0 radical (unpaired) electrons. The predicted octanol–water partition coefficient (Wildman–Crippen LogP) is 5.25. The monoisotopic (exact) mass is 469 g/mol. The summed E-state index contributed by atoms with van der Waals surface area (Å²) in [6.07, 6.45) is -0.958. The first-order valence-corrected chi connectivity index (χ1v) is 11.4. The van der Waals surface area contributed by atoms with Crippen molar-refractivity contribution in [3.63, 3.8) is 0 Å². The van der Waals surface area contributed by atoms with Gasteiger partial charge in [0.2, 0.25) is 5.91 Å². The van der Waals surface area contributed by atoms with Gasteiger partial charge in [-0.25, -0.2) is 14.9 Å². The number of para-hydroxylation sites is 3. The third-order valence-electron chi connectivity index (χ3n) is 6.51. The summed E-state index contributed by atoms with van der Waals surface area (Å²) < 4.78 is 0. The number of hydrogen-bond donors (Lipinski definition) is 0. The number of aryl methyl sites for hydroxylation is 1. The van der Waals surface area contributed by atoms with Gasteiger partial charge in [0.25, 0.3) is 5.91 Å². The van der Waals surface area contributed by atoms with E-state index in [0.717, 1.165) is 22.2 Å². The Morgan fingerprint density at radius 3 is 2.38 bits per heavy atom. The SMILES string of the molecule is Cc1ccccc1N1C(=O)[C@@H]2[C@H](ON(c3ccccc3)[C@@H]2c2cc3ccccc3nc2Cl)C1=O. The van der Waals surface area contributed by atoms with Crippen molar-refractivity contribution in [2.45, 2.75) is 19.1 Å². The van der Waals surface area contributed by atoms with E-state index >= 15 is 0 Å². The van der Waals surface area contributed by atoms with Crippen LogP contribution in [0.15, 0.2) is 84.9 Å². The number of benzene rings is 3. The Balaban J connectivity index is 1.51. The minimum absolute atomic E-state index is 0.281. The molecule has 0 N–H and O–H groups in total. The maximum atomic E-state index is 13.8. The summed E-state index contributed by atoms with van der Waals surface area (Å²) in [5, 5.41) is 2.81. The van der Waals surface area contributed by atoms with Gasteiger partial charge in [0.15, 0.2) is 6.10 Å². The van der Waals surface area contributed by atoms with Crippen molar-refractivity contribution < 1.29 is 14.4 Å². The van der Waals surface area contributed by atoms with Gasteiger partial charge in [0.1, 0.15) is 11.1 Å². The minimum Gasteiger partial charge on any atom is -0.273 e. The number of hydrogen-bond acceptors (Lipinski definition) is 5. The largest absolute Gasteiger partial charge is 0.273 e. The average molecular weight is 470 g/mol. The van der Waals surface area contributed by atoms with Gasteiger partial charge in [-0.15, -0.1) is 0 Å². The second-order valence-corrected chi connectivity index (χ2v) is 8.88. The summed E-state index contributed by atoms with van der Waals surface area (Å²) in [6, 6.07) is 25.7. The number of hydroxylamine groups is 1. The van der Waals surface area contributed by atoms with Crippen LogP contribution >= 0.6 is 11.6 Å². The number of halogens is 1. The Morgan fingerprint density at radius 2 is 1.59 bits per heavy atom. The average Bonchev–Trinajstić information content (AvgIpc) is 3.35. The molecule has 6 rings (SSSR count). The predicted molar refractivity (Wildman–Crippen MR) is 130 cm³/mol. The van der Waals surface area contributed by atoms with Crippen LogP contribution in [-0.4, -0.2) is 22.9 Å². The van der Waals surface area contributed by atoms with Crippen LogP contribution < -0.4 is 9.96 Å². The Labute approximate surface area is 201 Å². The molecule has 0 bridgehead atoms. The lowest BCUT2D eigenvalue weighted by molar-refractivity contribution is -0.126. The fourth-order valence-electron chi connectivity index (χ4n) is 4.90. The van der Waals surface area contributed by atoms with E-state index in [4.69, 9.17) is 16.4 Å². The molecule has 2 fully saturated rings. The Bertz CT molecular complexity index is 1440. The first kappa shape index (κ1) is 20.8. The lowest BCUT2D eigenvalue weighted by Crippen LogP contribution is -2.37. The van der Waals surface area contributed by atoms with Crippen molar-refractivity contribution in [1.82, 2.24) is 4.98 Å². The first-order valence-electron chi connectivity index (χ1n) is 11.0. The van der Waals surface area contributed by atoms with Crippen molar-refractivity contribution in [3.8, 4) is 0 Å². The van der Waals surface area contributed by atoms with Crippen molar-refractivity contribution in [2.24, 2.45) is 5.92 Å². The number of amides is 2. The summed E-state index contributed by atoms with van der Waals surface area (Å²) in [6.45, 7) is 1.88. The highest BCUT2D eigenvalue weighted by Crippen LogP contribution is 2.49. The van der Waals surface area contributed by atoms with E-state index < -0.39 is 18.1 Å². The fraction of sp³-hybridized carbons (Fsp3) is 0.148. The van der Waals surface area contributed by atoms with Crippen LogP contribution in [0, 0.1) is 12.8 Å². The van der Waals surface area contributed by atoms with E-state index in [1.807, 2.05) is 85.8 Å². The molecule has 3 atom stereocenters. The summed E-state index contributed by atoms with van der Waals surface area (Å²) in [5.41, 5.74) is 3.54. The Kier molecular flexibility index (Phi) is 4.86. The highest BCUT2D eigenvalue weighted by Gasteiger charge is 2.60. The number of aromatic nitrogens is 1. The number of carbonyl (C=O) groups excluding carboxylic acids is 2. The molecule has 0 unspecified atom stereocenters. The van der Waals surface area contributed by atoms with Crippen LogP contribution in [0.25, 0.3) is 10.9 Å². The highest BCUT2D eigenvalue weighted by molar-refractivity contribution is 6.31. The van der Waals surface area contributed by atoms with Crippen LogP contribution in [0.2, 0.25) is 5.15 Å². The van der Waals surface area contributed by atoms with Crippen molar-refractivity contribution in [3.05, 3.63) is 101 Å². The molecule has 0 aliphatic carbocycles. The maximum Gasteiger partial charge on any atom is 0.266 e. The molecule has 2 saturated heterocycles. The first-order chi connectivity index (χ1) is 16.5. The molecule has 2 amide bonds. The second-order valence-electron chi connectivity index (χ2n) is 8.52. The molecule has 1 aromatic heterocycles. The molecule has 0 saturated carbocycles. The topological polar surface area (TPSA) is 62.7 Å². The van der Waals surface area contributed by atoms with E-state index in [0.29, 0.717) is 11.3 Å². The maximum absolute atomic E-state index is 13.8. The van der Waals surface area contributed by atoms with Gasteiger partial charge in [-0.2, -0.15) is 0 Å². The third-order valence-corrected chi connectivity index (χ3v) is 6.81. The zero-order valence-electron chi connectivity index (χ0n) is 18.3. The molecular formula is C27H20ClN3O3. The summed E-state index contributed by atoms with van der Waals surface area (Å²) in [7, 11) is 0. The van der Waals surface area contributed by atoms with Gasteiger partial charge in [-0.1, -0.05) is 66.2 Å². The van der Waals surface area contributed by atoms with Crippen LogP contribution in [0.3, 0.4) is 0 Å². The molecule has 7 heteroatoms. The molecular weight excluding hydrogens is 450 g/mol. The summed E-state index contributed by atoms with van der Waals surface area (Å²) in [5.74, 6) is -1.46. The normalized spacial score (nSPS) is 22.0. The smallest absolute Gasteiger partial charge is 0.266 e. The number of nitrogens with zero attached hydrogens (tertiary/aromatic N) is 3. The number of rotatable bonds is 3. The Morgan fingerprint density at radius 1 is 0.882 bits per heavy atom. The third kappa shape index (κ3) is 3.10. The van der Waals surface area contributed by atoms with E-state index in [2.05, 4.69) is 4.98 Å². The molecule has 2 aliphatic rings. The van der Waals surface area contributed by atoms with Gasteiger partial charge in [0.05, 0.1) is 22.9 Å². The number of fused-ring (bicyclic) bond motifs is 2. The van der Waals surface area contributed by atoms with Gasteiger partial charge >= 0.3 is 0 Å². The van der Waals surface area contributed by atoms with Crippen LogP contribution in [-0.2, 0) is 14.4 Å². The molecule has 34 heavy (non-hydrogen) atoms. The molecule has 2 aliphatic heterocycles. The van der Waals surface area contributed by atoms with Gasteiger partial charge in [0, 0.05) is 10.9 Å². The zero-order valence-corrected chi connectivity index (χ0v) is 19.0. The number of pyridine rings is 1. The molecule has 3 aromatic carbocycles. The van der Waals surface area contributed by atoms with E-state index in [9.17, 15) is 9.59 Å². The molecule has 168 valence electrons. The minimum atomic E-state index is -0.958. The standard InChI is InChI=1S/C27H20ClN3O3/c1-16-9-5-8-14-21(16)30-26(32)22-23(19-15-17-10-6-7-13-20(17)29-25(19)28)31(34-24(22)27(30)33)18-11-3-2-4-12-18/h2-15,22-24H,1H3/t22-,23+,24-/m0/s1. The van der Waals surface area contributed by atoms with Crippen molar-refractivity contribution >= 4 is 45.7 Å². The Hall–Kier alpha value is -3.74. The van der Waals surface area contributed by atoms with Crippen molar-refractivity contribution in [2.75, 3.05) is 9.96 Å². The summed E-state index contributed by atoms with van der Waals surface area (Å²) in [4.78, 5) is 39.4. The molecule has 6 nitrogen and oxygen atoms in total. The molecule has 0 spiro atoms. The van der Waals surface area contributed by atoms with E-state index in [1.165, 1.54) is 4.90 Å². The number of carbonyl (C=O) groups is 2. The molecule has 3 heterocycles. The fourth-order valence-corrected chi connectivity index (χ4v) is 5.15. The number of imide groups is 1. The second kappa shape index (κ2) is 7.94. The van der Waals surface area contributed by atoms with Gasteiger partial charge < -0.3 is 0 Å². The van der Waals surface area contributed by atoms with Gasteiger partial charge in [-0.05, 0) is 42.8 Å². The quantitative estimate of drug-likeness (QED) is 0.303. The zero-order chi connectivity index (χ0) is 23.4. The van der Waals surface area contributed by atoms with Crippen molar-refractivity contribution in [1.29, 1.82) is 0 Å². The lowest BCUT2D eigenvalue weighted by Gasteiger charge is -2.29. The lowest BCUT2D eigenvalue weighted by atomic mass is 9.90.